The van der Waals surface area contributed by atoms with E-state index in [0.717, 1.165) is 41.8 Å². The number of ether oxygens (including phenoxy) is 1. The molecule has 1 saturated carbocycles. The van der Waals surface area contributed by atoms with Crippen LogP contribution in [-0.2, 0) is 27.7 Å². The summed E-state index contributed by atoms with van der Waals surface area (Å²) < 4.78 is 33.5. The lowest BCUT2D eigenvalue weighted by atomic mass is 10.1. The minimum absolute atomic E-state index is 0.163. The summed E-state index contributed by atoms with van der Waals surface area (Å²) in [6.07, 6.45) is 4.14. The summed E-state index contributed by atoms with van der Waals surface area (Å²) in [4.78, 5) is 14.5. The molecule has 0 aromatic heterocycles. The molecule has 1 aliphatic carbocycles. The summed E-state index contributed by atoms with van der Waals surface area (Å²) in [5.74, 6) is 1.18. The van der Waals surface area contributed by atoms with Crippen molar-refractivity contribution >= 4 is 21.6 Å². The molecule has 1 amide bonds. The van der Waals surface area contributed by atoms with Gasteiger partial charge in [-0.05, 0) is 80.5 Å². The number of amides is 1. The number of hydrogen-bond donors (Lipinski definition) is 1. The van der Waals surface area contributed by atoms with Gasteiger partial charge in [0.1, 0.15) is 5.75 Å². The molecule has 1 aliphatic heterocycles. The molecular formula is C23H28N2O4S. The molecule has 1 N–H and O–H groups in total. The summed E-state index contributed by atoms with van der Waals surface area (Å²) >= 11 is 0. The van der Waals surface area contributed by atoms with E-state index in [0.29, 0.717) is 32.5 Å². The van der Waals surface area contributed by atoms with Crippen LogP contribution in [0.25, 0.3) is 0 Å². The van der Waals surface area contributed by atoms with Crippen LogP contribution in [0, 0.1) is 5.92 Å². The summed E-state index contributed by atoms with van der Waals surface area (Å²) in [7, 11) is -3.57. The Kier molecular flexibility index (Phi) is 6.11. The molecule has 7 heteroatoms. The lowest BCUT2D eigenvalue weighted by Crippen LogP contribution is -2.30. The topological polar surface area (TPSA) is 75.7 Å². The molecule has 2 aliphatic rings. The van der Waals surface area contributed by atoms with Gasteiger partial charge in [-0.25, -0.2) is 13.1 Å². The molecular weight excluding hydrogens is 400 g/mol. The number of benzene rings is 2. The maximum Gasteiger partial charge on any atom is 0.240 e. The standard InChI is InChI=1S/C23H28N2O4S/c1-2-29-20-9-5-17(6-10-20)4-3-14-24-30(27,28)21-11-12-22-19(16-21)13-15-25(22)23(26)18-7-8-18/h5-6,9-12,16,18,24H,2-4,7-8,13-15H2,1H3. The smallest absolute Gasteiger partial charge is 0.240 e. The van der Waals surface area contributed by atoms with Gasteiger partial charge in [-0.1, -0.05) is 12.1 Å². The minimum Gasteiger partial charge on any atom is -0.494 e. The zero-order valence-corrected chi connectivity index (χ0v) is 18.1. The summed E-state index contributed by atoms with van der Waals surface area (Å²) in [6.45, 7) is 3.60. The highest BCUT2D eigenvalue weighted by molar-refractivity contribution is 7.89. The molecule has 0 saturated heterocycles. The van der Waals surface area contributed by atoms with E-state index in [4.69, 9.17) is 4.74 Å². The number of carbonyl (C=O) groups is 1. The molecule has 1 fully saturated rings. The van der Waals surface area contributed by atoms with Crippen LogP contribution in [0.4, 0.5) is 5.69 Å². The van der Waals surface area contributed by atoms with E-state index in [9.17, 15) is 13.2 Å². The summed E-state index contributed by atoms with van der Waals surface area (Å²) in [5.41, 5.74) is 2.94. The van der Waals surface area contributed by atoms with E-state index in [-0.39, 0.29) is 16.7 Å². The first kappa shape index (κ1) is 20.9. The molecule has 2 aromatic rings. The zero-order valence-electron chi connectivity index (χ0n) is 17.3. The van der Waals surface area contributed by atoms with Gasteiger partial charge in [0.2, 0.25) is 15.9 Å². The van der Waals surface area contributed by atoms with Gasteiger partial charge in [0.05, 0.1) is 11.5 Å². The lowest BCUT2D eigenvalue weighted by Gasteiger charge is -2.17. The van der Waals surface area contributed by atoms with E-state index >= 15 is 0 Å². The van der Waals surface area contributed by atoms with Crippen LogP contribution in [0.2, 0.25) is 0 Å². The Morgan fingerprint density at radius 2 is 1.93 bits per heavy atom. The number of aryl methyl sites for hydroxylation is 1. The highest BCUT2D eigenvalue weighted by Crippen LogP contribution is 2.37. The van der Waals surface area contributed by atoms with Crippen molar-refractivity contribution in [1.82, 2.24) is 4.72 Å². The van der Waals surface area contributed by atoms with Crippen LogP contribution in [-0.4, -0.2) is 34.0 Å². The van der Waals surface area contributed by atoms with Crippen molar-refractivity contribution in [3.8, 4) is 5.75 Å². The van der Waals surface area contributed by atoms with Crippen molar-refractivity contribution in [3.05, 3.63) is 53.6 Å². The lowest BCUT2D eigenvalue weighted by molar-refractivity contribution is -0.119. The first-order valence-corrected chi connectivity index (χ1v) is 12.1. The Bertz CT molecular complexity index is 1010. The number of nitrogens with one attached hydrogen (secondary N) is 1. The Morgan fingerprint density at radius 1 is 1.17 bits per heavy atom. The minimum atomic E-state index is -3.57. The van der Waals surface area contributed by atoms with Crippen LogP contribution in [0.5, 0.6) is 5.75 Å². The average Bonchev–Trinajstić information content (AvgIpc) is 3.51. The largest absolute Gasteiger partial charge is 0.494 e. The zero-order chi connectivity index (χ0) is 21.1. The van der Waals surface area contributed by atoms with Gasteiger partial charge in [0.15, 0.2) is 0 Å². The van der Waals surface area contributed by atoms with E-state index in [2.05, 4.69) is 4.72 Å². The quantitative estimate of drug-likeness (QED) is 0.622. The number of rotatable bonds is 9. The first-order valence-electron chi connectivity index (χ1n) is 10.6. The van der Waals surface area contributed by atoms with Crippen LogP contribution in [0.15, 0.2) is 47.4 Å². The monoisotopic (exact) mass is 428 g/mol. The molecule has 0 spiro atoms. The van der Waals surface area contributed by atoms with Gasteiger partial charge >= 0.3 is 0 Å². The maximum atomic E-state index is 12.7. The Morgan fingerprint density at radius 3 is 2.63 bits per heavy atom. The molecule has 0 atom stereocenters. The number of anilines is 1. The molecule has 1 heterocycles. The van der Waals surface area contributed by atoms with Crippen LogP contribution in [0.1, 0.15) is 37.3 Å². The van der Waals surface area contributed by atoms with Gasteiger partial charge in [-0.15, -0.1) is 0 Å². The van der Waals surface area contributed by atoms with Crippen molar-refractivity contribution in [2.24, 2.45) is 5.92 Å². The maximum absolute atomic E-state index is 12.7. The molecule has 0 radical (unpaired) electrons. The van der Waals surface area contributed by atoms with E-state index < -0.39 is 10.0 Å². The fourth-order valence-corrected chi connectivity index (χ4v) is 4.95. The van der Waals surface area contributed by atoms with E-state index in [1.54, 1.807) is 18.2 Å². The van der Waals surface area contributed by atoms with Crippen molar-refractivity contribution < 1.29 is 17.9 Å². The first-order chi connectivity index (χ1) is 14.5. The van der Waals surface area contributed by atoms with E-state index in [1.165, 1.54) is 0 Å². The fourth-order valence-electron chi connectivity index (χ4n) is 3.83. The van der Waals surface area contributed by atoms with Crippen LogP contribution in [0.3, 0.4) is 0 Å². The second-order valence-electron chi connectivity index (χ2n) is 7.88. The third kappa shape index (κ3) is 4.68. The number of carbonyl (C=O) groups excluding carboxylic acids is 1. The number of fused-ring (bicyclic) bond motifs is 1. The van der Waals surface area contributed by atoms with Gasteiger partial charge < -0.3 is 9.64 Å². The number of nitrogens with zero attached hydrogens (tertiary/aromatic N) is 1. The molecule has 160 valence electrons. The van der Waals surface area contributed by atoms with Gasteiger partial charge in [0, 0.05) is 24.7 Å². The molecule has 0 unspecified atom stereocenters. The molecule has 30 heavy (non-hydrogen) atoms. The number of hydrogen-bond acceptors (Lipinski definition) is 4. The van der Waals surface area contributed by atoms with Gasteiger partial charge in [0.25, 0.3) is 0 Å². The van der Waals surface area contributed by atoms with Crippen LogP contribution >= 0.6 is 0 Å². The molecule has 2 aromatic carbocycles. The van der Waals surface area contributed by atoms with Crippen molar-refractivity contribution in [2.45, 2.75) is 43.9 Å². The predicted molar refractivity (Wildman–Crippen MR) is 116 cm³/mol. The second-order valence-corrected chi connectivity index (χ2v) is 9.65. The average molecular weight is 429 g/mol. The van der Waals surface area contributed by atoms with Gasteiger partial charge in [-0.3, -0.25) is 4.79 Å². The predicted octanol–water partition coefficient (Wildman–Crippen LogP) is 3.30. The highest BCUT2D eigenvalue weighted by atomic mass is 32.2. The Hall–Kier alpha value is -2.38. The Balaban J connectivity index is 1.32. The van der Waals surface area contributed by atoms with Crippen molar-refractivity contribution in [3.63, 3.8) is 0 Å². The van der Waals surface area contributed by atoms with Gasteiger partial charge in [-0.2, -0.15) is 0 Å². The van der Waals surface area contributed by atoms with Crippen molar-refractivity contribution in [1.29, 1.82) is 0 Å². The number of sulfonamides is 1. The molecule has 0 bridgehead atoms. The normalized spacial score (nSPS) is 15.8. The van der Waals surface area contributed by atoms with Crippen molar-refractivity contribution in [2.75, 3.05) is 24.6 Å². The Labute approximate surface area is 178 Å². The summed E-state index contributed by atoms with van der Waals surface area (Å²) in [6, 6.07) is 13.0. The van der Waals surface area contributed by atoms with E-state index in [1.807, 2.05) is 36.1 Å². The molecule has 4 rings (SSSR count). The van der Waals surface area contributed by atoms with Crippen LogP contribution < -0.4 is 14.4 Å². The highest BCUT2D eigenvalue weighted by Gasteiger charge is 2.36. The third-order valence-electron chi connectivity index (χ3n) is 5.62. The third-order valence-corrected chi connectivity index (χ3v) is 7.08. The SMILES string of the molecule is CCOc1ccc(CCCNS(=O)(=O)c2ccc3c(c2)CCN3C(=O)C2CC2)cc1. The second kappa shape index (κ2) is 8.78. The molecule has 6 nitrogen and oxygen atoms in total. The fraction of sp³-hybridized carbons (Fsp3) is 0.435. The summed E-state index contributed by atoms with van der Waals surface area (Å²) in [5, 5.41) is 0.